The molecule has 1 aromatic rings. The average Bonchev–Trinajstić information content (AvgIpc) is 2.37. The SMILES string of the molecule is CCCC(C)Sc1ccc(CNCCOC)cc1. The molecule has 0 fully saturated rings. The first kappa shape index (κ1) is 15.5. The van der Waals surface area contributed by atoms with Crippen LogP contribution in [0.15, 0.2) is 29.2 Å². The van der Waals surface area contributed by atoms with Crippen molar-refractivity contribution in [2.75, 3.05) is 20.3 Å². The molecule has 0 aliphatic carbocycles. The van der Waals surface area contributed by atoms with Crippen molar-refractivity contribution in [3.05, 3.63) is 29.8 Å². The molecule has 1 atom stereocenters. The third kappa shape index (κ3) is 6.43. The van der Waals surface area contributed by atoms with Crippen molar-refractivity contribution >= 4 is 11.8 Å². The normalized spacial score (nSPS) is 12.6. The maximum Gasteiger partial charge on any atom is 0.0587 e. The predicted molar refractivity (Wildman–Crippen MR) is 80.3 cm³/mol. The van der Waals surface area contributed by atoms with Crippen LogP contribution in [0.5, 0.6) is 0 Å². The molecule has 0 heterocycles. The minimum Gasteiger partial charge on any atom is -0.383 e. The molecule has 0 aliphatic rings. The molecule has 1 aromatic carbocycles. The van der Waals surface area contributed by atoms with Gasteiger partial charge in [-0.1, -0.05) is 32.4 Å². The summed E-state index contributed by atoms with van der Waals surface area (Å²) < 4.78 is 5.00. The van der Waals surface area contributed by atoms with Crippen molar-refractivity contribution in [2.45, 2.75) is 43.4 Å². The molecular weight excluding hydrogens is 242 g/mol. The molecule has 0 bridgehead atoms. The molecule has 0 saturated heterocycles. The van der Waals surface area contributed by atoms with Crippen LogP contribution in [-0.4, -0.2) is 25.5 Å². The minimum absolute atomic E-state index is 0.709. The van der Waals surface area contributed by atoms with E-state index >= 15 is 0 Å². The Bertz CT molecular complexity index is 313. The lowest BCUT2D eigenvalue weighted by Crippen LogP contribution is -2.18. The van der Waals surface area contributed by atoms with Crippen LogP contribution in [0.4, 0.5) is 0 Å². The van der Waals surface area contributed by atoms with Crippen LogP contribution >= 0.6 is 11.8 Å². The highest BCUT2D eigenvalue weighted by molar-refractivity contribution is 7.99. The topological polar surface area (TPSA) is 21.3 Å². The third-order valence-electron chi connectivity index (χ3n) is 2.77. The van der Waals surface area contributed by atoms with E-state index in [0.717, 1.165) is 19.7 Å². The summed E-state index contributed by atoms with van der Waals surface area (Å²) in [5.41, 5.74) is 1.33. The van der Waals surface area contributed by atoms with Gasteiger partial charge in [0, 0.05) is 30.3 Å². The second kappa shape index (κ2) is 9.42. The summed E-state index contributed by atoms with van der Waals surface area (Å²) in [7, 11) is 1.73. The second-order valence-corrected chi connectivity index (χ2v) is 6.04. The van der Waals surface area contributed by atoms with Crippen LogP contribution in [0.2, 0.25) is 0 Å². The van der Waals surface area contributed by atoms with Gasteiger partial charge in [0.2, 0.25) is 0 Å². The summed E-state index contributed by atoms with van der Waals surface area (Å²) in [4.78, 5) is 1.37. The van der Waals surface area contributed by atoms with Crippen molar-refractivity contribution in [3.8, 4) is 0 Å². The number of methoxy groups -OCH3 is 1. The standard InChI is InChI=1S/C15H25NOS/c1-4-5-13(2)18-15-8-6-14(7-9-15)12-16-10-11-17-3/h6-9,13,16H,4-5,10-12H2,1-3H3. The Kier molecular flexibility index (Phi) is 8.14. The largest absolute Gasteiger partial charge is 0.383 e. The Morgan fingerprint density at radius 2 is 2.00 bits per heavy atom. The van der Waals surface area contributed by atoms with Gasteiger partial charge in [-0.3, -0.25) is 0 Å². The molecule has 2 nitrogen and oxygen atoms in total. The monoisotopic (exact) mass is 267 g/mol. The zero-order valence-corrected chi connectivity index (χ0v) is 12.6. The van der Waals surface area contributed by atoms with Crippen LogP contribution in [-0.2, 0) is 11.3 Å². The lowest BCUT2D eigenvalue weighted by molar-refractivity contribution is 0.199. The quantitative estimate of drug-likeness (QED) is 0.544. The Labute approximate surface area is 116 Å². The van der Waals surface area contributed by atoms with E-state index < -0.39 is 0 Å². The van der Waals surface area contributed by atoms with Crippen molar-refractivity contribution in [1.29, 1.82) is 0 Å². The van der Waals surface area contributed by atoms with E-state index in [9.17, 15) is 0 Å². The van der Waals surface area contributed by atoms with Gasteiger partial charge in [-0.2, -0.15) is 0 Å². The fourth-order valence-corrected chi connectivity index (χ4v) is 2.90. The Morgan fingerprint density at radius 1 is 1.28 bits per heavy atom. The van der Waals surface area contributed by atoms with E-state index in [1.165, 1.54) is 23.3 Å². The molecule has 3 heteroatoms. The van der Waals surface area contributed by atoms with E-state index in [0.29, 0.717) is 5.25 Å². The van der Waals surface area contributed by atoms with Gasteiger partial charge in [0.1, 0.15) is 0 Å². The first-order valence-corrected chi connectivity index (χ1v) is 7.59. The molecule has 0 aromatic heterocycles. The molecule has 0 spiro atoms. The first-order valence-electron chi connectivity index (χ1n) is 6.71. The lowest BCUT2D eigenvalue weighted by atomic mass is 10.2. The van der Waals surface area contributed by atoms with Crippen molar-refractivity contribution < 1.29 is 4.74 Å². The molecular formula is C15H25NOS. The Morgan fingerprint density at radius 3 is 2.61 bits per heavy atom. The fraction of sp³-hybridized carbons (Fsp3) is 0.600. The van der Waals surface area contributed by atoms with Crippen LogP contribution in [0, 0.1) is 0 Å². The van der Waals surface area contributed by atoms with Gasteiger partial charge in [-0.25, -0.2) is 0 Å². The third-order valence-corrected chi connectivity index (χ3v) is 3.95. The first-order chi connectivity index (χ1) is 8.76. The van der Waals surface area contributed by atoms with Crippen molar-refractivity contribution in [3.63, 3.8) is 0 Å². The predicted octanol–water partition coefficient (Wildman–Crippen LogP) is 3.70. The van der Waals surface area contributed by atoms with Crippen LogP contribution in [0.25, 0.3) is 0 Å². The van der Waals surface area contributed by atoms with E-state index in [4.69, 9.17) is 4.74 Å². The zero-order valence-electron chi connectivity index (χ0n) is 11.7. The summed E-state index contributed by atoms with van der Waals surface area (Å²) in [5.74, 6) is 0. The van der Waals surface area contributed by atoms with Gasteiger partial charge in [0.05, 0.1) is 6.61 Å². The summed E-state index contributed by atoms with van der Waals surface area (Å²) in [5, 5.41) is 4.06. The molecule has 0 radical (unpaired) electrons. The van der Waals surface area contributed by atoms with Crippen LogP contribution in [0.3, 0.4) is 0 Å². The molecule has 102 valence electrons. The summed E-state index contributed by atoms with van der Waals surface area (Å²) in [6, 6.07) is 8.87. The van der Waals surface area contributed by atoms with Gasteiger partial charge in [-0.05, 0) is 24.1 Å². The fourth-order valence-electron chi connectivity index (χ4n) is 1.79. The number of hydrogen-bond acceptors (Lipinski definition) is 3. The van der Waals surface area contributed by atoms with Crippen LogP contribution in [0.1, 0.15) is 32.3 Å². The van der Waals surface area contributed by atoms with E-state index in [1.807, 2.05) is 11.8 Å². The smallest absolute Gasteiger partial charge is 0.0587 e. The molecule has 1 unspecified atom stereocenters. The highest BCUT2D eigenvalue weighted by Crippen LogP contribution is 2.25. The Hall–Kier alpha value is -0.510. The van der Waals surface area contributed by atoms with E-state index in [2.05, 4.69) is 43.4 Å². The van der Waals surface area contributed by atoms with Gasteiger partial charge in [-0.15, -0.1) is 11.8 Å². The minimum atomic E-state index is 0.709. The maximum absolute atomic E-state index is 5.00. The van der Waals surface area contributed by atoms with E-state index in [-0.39, 0.29) is 0 Å². The van der Waals surface area contributed by atoms with E-state index in [1.54, 1.807) is 7.11 Å². The van der Waals surface area contributed by atoms with Gasteiger partial charge in [0.25, 0.3) is 0 Å². The lowest BCUT2D eigenvalue weighted by Gasteiger charge is -2.10. The number of hydrogen-bond donors (Lipinski definition) is 1. The number of rotatable bonds is 9. The second-order valence-electron chi connectivity index (χ2n) is 4.53. The van der Waals surface area contributed by atoms with Crippen molar-refractivity contribution in [2.24, 2.45) is 0 Å². The number of benzene rings is 1. The molecule has 0 amide bonds. The maximum atomic E-state index is 5.00. The van der Waals surface area contributed by atoms with Gasteiger partial charge < -0.3 is 10.1 Å². The number of ether oxygens (including phenoxy) is 1. The number of thioether (sulfide) groups is 1. The summed E-state index contributed by atoms with van der Waals surface area (Å²) in [6.45, 7) is 7.13. The van der Waals surface area contributed by atoms with Gasteiger partial charge >= 0.3 is 0 Å². The molecule has 18 heavy (non-hydrogen) atoms. The average molecular weight is 267 g/mol. The highest BCUT2D eigenvalue weighted by atomic mass is 32.2. The van der Waals surface area contributed by atoms with Crippen LogP contribution < -0.4 is 5.32 Å². The Balaban J connectivity index is 2.33. The summed E-state index contributed by atoms with van der Waals surface area (Å²) in [6.07, 6.45) is 2.54. The summed E-state index contributed by atoms with van der Waals surface area (Å²) >= 11 is 1.97. The van der Waals surface area contributed by atoms with Crippen molar-refractivity contribution in [1.82, 2.24) is 5.32 Å². The highest BCUT2D eigenvalue weighted by Gasteiger charge is 2.03. The van der Waals surface area contributed by atoms with Gasteiger partial charge in [0.15, 0.2) is 0 Å². The molecule has 0 aliphatic heterocycles. The molecule has 0 saturated carbocycles. The number of nitrogens with one attached hydrogen (secondary N) is 1. The molecule has 1 N–H and O–H groups in total. The zero-order chi connectivity index (χ0) is 13.2. The molecule has 1 rings (SSSR count).